The average Bonchev–Trinajstić information content (AvgIpc) is 2.41. The van der Waals surface area contributed by atoms with E-state index < -0.39 is 5.95 Å². The molecule has 0 bridgehead atoms. The van der Waals surface area contributed by atoms with Gasteiger partial charge in [-0.05, 0) is 12.1 Å². The van der Waals surface area contributed by atoms with Gasteiger partial charge in [0.1, 0.15) is 5.60 Å². The van der Waals surface area contributed by atoms with E-state index in [4.69, 9.17) is 4.74 Å². The lowest BCUT2D eigenvalue weighted by Crippen LogP contribution is -2.62. The van der Waals surface area contributed by atoms with Crippen LogP contribution in [0.1, 0.15) is 5.56 Å². The van der Waals surface area contributed by atoms with E-state index in [9.17, 15) is 4.39 Å². The number of hydrogen-bond acceptors (Lipinski definition) is 3. The first-order chi connectivity index (χ1) is 6.27. The SMILES string of the molecule is Fc1ccc2c(n1)OC1(CNC1)C2. The van der Waals surface area contributed by atoms with E-state index in [0.717, 1.165) is 25.1 Å². The Hall–Kier alpha value is -1.16. The molecule has 0 radical (unpaired) electrons. The molecule has 68 valence electrons. The van der Waals surface area contributed by atoms with Crippen molar-refractivity contribution >= 4 is 0 Å². The normalized spacial score (nSPS) is 22.2. The average molecular weight is 180 g/mol. The van der Waals surface area contributed by atoms with Crippen LogP contribution in [0.15, 0.2) is 12.1 Å². The van der Waals surface area contributed by atoms with Crippen molar-refractivity contribution in [1.29, 1.82) is 0 Å². The van der Waals surface area contributed by atoms with Gasteiger partial charge in [-0.15, -0.1) is 0 Å². The zero-order chi connectivity index (χ0) is 8.89. The van der Waals surface area contributed by atoms with E-state index in [-0.39, 0.29) is 5.60 Å². The fraction of sp³-hybridized carbons (Fsp3) is 0.444. The summed E-state index contributed by atoms with van der Waals surface area (Å²) in [5.41, 5.74) is 0.895. The molecule has 3 rings (SSSR count). The summed E-state index contributed by atoms with van der Waals surface area (Å²) < 4.78 is 18.3. The third-order valence-corrected chi connectivity index (χ3v) is 2.63. The van der Waals surface area contributed by atoms with Crippen molar-refractivity contribution in [3.63, 3.8) is 0 Å². The summed E-state index contributed by atoms with van der Waals surface area (Å²) in [6, 6.07) is 3.14. The predicted octanol–water partition coefficient (Wildman–Crippen LogP) is 0.498. The topological polar surface area (TPSA) is 34.1 Å². The van der Waals surface area contributed by atoms with E-state index in [0.29, 0.717) is 5.88 Å². The van der Waals surface area contributed by atoms with Crippen molar-refractivity contribution in [2.45, 2.75) is 12.0 Å². The van der Waals surface area contributed by atoms with Gasteiger partial charge in [-0.25, -0.2) is 0 Å². The van der Waals surface area contributed by atoms with Crippen LogP contribution >= 0.6 is 0 Å². The Morgan fingerprint density at radius 1 is 1.46 bits per heavy atom. The highest BCUT2D eigenvalue weighted by Crippen LogP contribution is 2.35. The van der Waals surface area contributed by atoms with Gasteiger partial charge in [0.15, 0.2) is 0 Å². The van der Waals surface area contributed by atoms with Gasteiger partial charge in [-0.3, -0.25) is 0 Å². The molecule has 13 heavy (non-hydrogen) atoms. The standard InChI is InChI=1S/C9H9FN2O/c10-7-2-1-6-3-9(4-11-5-9)13-8(6)12-7/h1-2,11H,3-5H2. The number of pyridine rings is 1. The van der Waals surface area contributed by atoms with E-state index in [1.807, 2.05) is 0 Å². The molecular weight excluding hydrogens is 171 g/mol. The first-order valence-electron chi connectivity index (χ1n) is 4.33. The fourth-order valence-electron chi connectivity index (χ4n) is 1.86. The lowest BCUT2D eigenvalue weighted by Gasteiger charge is -2.37. The van der Waals surface area contributed by atoms with Crippen LogP contribution in [0.25, 0.3) is 0 Å². The molecule has 0 saturated carbocycles. The lowest BCUT2D eigenvalue weighted by atomic mass is 9.92. The van der Waals surface area contributed by atoms with Crippen LogP contribution in [0.4, 0.5) is 4.39 Å². The molecule has 0 aromatic carbocycles. The fourth-order valence-corrected chi connectivity index (χ4v) is 1.86. The zero-order valence-electron chi connectivity index (χ0n) is 7.01. The summed E-state index contributed by atoms with van der Waals surface area (Å²) in [6.07, 6.45) is 0.850. The van der Waals surface area contributed by atoms with Gasteiger partial charge in [-0.1, -0.05) is 0 Å². The van der Waals surface area contributed by atoms with Gasteiger partial charge in [0, 0.05) is 25.1 Å². The van der Waals surface area contributed by atoms with Gasteiger partial charge in [0.25, 0.3) is 0 Å². The Labute approximate surface area is 74.9 Å². The molecular formula is C9H9FN2O. The monoisotopic (exact) mass is 180 g/mol. The molecule has 0 unspecified atom stereocenters. The van der Waals surface area contributed by atoms with Crippen LogP contribution in [0.5, 0.6) is 5.88 Å². The van der Waals surface area contributed by atoms with Crippen molar-refractivity contribution in [2.75, 3.05) is 13.1 Å². The molecule has 1 N–H and O–H groups in total. The maximum absolute atomic E-state index is 12.7. The van der Waals surface area contributed by atoms with Crippen molar-refractivity contribution in [2.24, 2.45) is 0 Å². The van der Waals surface area contributed by atoms with Crippen LogP contribution in [0, 0.1) is 5.95 Å². The second-order valence-corrected chi connectivity index (χ2v) is 3.66. The number of hydrogen-bond donors (Lipinski definition) is 1. The van der Waals surface area contributed by atoms with Crippen molar-refractivity contribution in [3.8, 4) is 5.88 Å². The molecule has 1 fully saturated rings. The van der Waals surface area contributed by atoms with E-state index in [1.54, 1.807) is 6.07 Å². The minimum absolute atomic E-state index is 0.122. The van der Waals surface area contributed by atoms with E-state index >= 15 is 0 Å². The molecule has 1 aromatic rings. The van der Waals surface area contributed by atoms with Gasteiger partial charge in [0.2, 0.25) is 11.8 Å². The van der Waals surface area contributed by atoms with E-state index in [2.05, 4.69) is 10.3 Å². The quantitative estimate of drug-likeness (QED) is 0.590. The Balaban J connectivity index is 1.99. The van der Waals surface area contributed by atoms with E-state index in [1.165, 1.54) is 6.07 Å². The second kappa shape index (κ2) is 2.20. The molecule has 0 atom stereocenters. The van der Waals surface area contributed by atoms with Crippen LogP contribution in [0.3, 0.4) is 0 Å². The highest BCUT2D eigenvalue weighted by molar-refractivity contribution is 5.34. The smallest absolute Gasteiger partial charge is 0.220 e. The highest BCUT2D eigenvalue weighted by atomic mass is 19.1. The van der Waals surface area contributed by atoms with Gasteiger partial charge < -0.3 is 10.1 Å². The minimum atomic E-state index is -0.469. The summed E-state index contributed by atoms with van der Waals surface area (Å²) in [4.78, 5) is 3.71. The number of aromatic nitrogens is 1. The Morgan fingerprint density at radius 2 is 2.31 bits per heavy atom. The summed E-state index contributed by atoms with van der Waals surface area (Å²) in [5.74, 6) is 0.00424. The van der Waals surface area contributed by atoms with Crippen molar-refractivity contribution < 1.29 is 9.13 Å². The minimum Gasteiger partial charge on any atom is -0.468 e. The number of nitrogens with one attached hydrogen (secondary N) is 1. The van der Waals surface area contributed by atoms with Crippen LogP contribution in [-0.4, -0.2) is 23.7 Å². The van der Waals surface area contributed by atoms with Crippen molar-refractivity contribution in [1.82, 2.24) is 10.3 Å². The number of nitrogens with zero attached hydrogens (tertiary/aromatic N) is 1. The lowest BCUT2D eigenvalue weighted by molar-refractivity contribution is 0.0347. The molecule has 0 amide bonds. The molecule has 1 saturated heterocycles. The molecule has 3 nitrogen and oxygen atoms in total. The van der Waals surface area contributed by atoms with Crippen LogP contribution in [-0.2, 0) is 6.42 Å². The second-order valence-electron chi connectivity index (χ2n) is 3.66. The molecule has 2 aliphatic rings. The Bertz CT molecular complexity index is 363. The number of ether oxygens (including phenoxy) is 1. The maximum Gasteiger partial charge on any atom is 0.220 e. The van der Waals surface area contributed by atoms with Crippen molar-refractivity contribution in [3.05, 3.63) is 23.6 Å². The third-order valence-electron chi connectivity index (χ3n) is 2.63. The Kier molecular flexibility index (Phi) is 1.23. The summed E-state index contributed by atoms with van der Waals surface area (Å²) in [7, 11) is 0. The first-order valence-corrected chi connectivity index (χ1v) is 4.33. The van der Waals surface area contributed by atoms with Crippen LogP contribution in [0.2, 0.25) is 0 Å². The zero-order valence-corrected chi connectivity index (χ0v) is 7.01. The van der Waals surface area contributed by atoms with Crippen LogP contribution < -0.4 is 10.1 Å². The summed E-state index contributed by atoms with van der Waals surface area (Å²) >= 11 is 0. The summed E-state index contributed by atoms with van der Waals surface area (Å²) in [6.45, 7) is 1.68. The third kappa shape index (κ3) is 0.951. The molecule has 2 aliphatic heterocycles. The predicted molar refractivity (Wildman–Crippen MR) is 44.1 cm³/mol. The number of fused-ring (bicyclic) bond motifs is 1. The summed E-state index contributed by atoms with van der Waals surface area (Å²) in [5, 5.41) is 3.15. The first kappa shape index (κ1) is 7.26. The van der Waals surface area contributed by atoms with Gasteiger partial charge >= 0.3 is 0 Å². The molecule has 1 aromatic heterocycles. The largest absolute Gasteiger partial charge is 0.468 e. The highest BCUT2D eigenvalue weighted by Gasteiger charge is 2.45. The van der Waals surface area contributed by atoms with Gasteiger partial charge in [0.05, 0.1) is 0 Å². The molecule has 3 heterocycles. The maximum atomic E-state index is 12.7. The molecule has 1 spiro atoms. The number of rotatable bonds is 0. The molecule has 0 aliphatic carbocycles. The number of halogens is 1. The molecule has 4 heteroatoms. The van der Waals surface area contributed by atoms with Gasteiger partial charge in [-0.2, -0.15) is 9.37 Å². The Morgan fingerprint density at radius 3 is 3.00 bits per heavy atom.